The normalized spacial score (nSPS) is 15.6. The van der Waals surface area contributed by atoms with E-state index < -0.39 is 12.1 Å². The van der Waals surface area contributed by atoms with Crippen LogP contribution in [-0.4, -0.2) is 61.7 Å². The molecule has 1 aromatic heterocycles. The Morgan fingerprint density at radius 3 is 2.37 bits per heavy atom. The summed E-state index contributed by atoms with van der Waals surface area (Å²) in [4.78, 5) is 18.5. The van der Waals surface area contributed by atoms with Crippen LogP contribution in [0.25, 0.3) is 11.1 Å². The van der Waals surface area contributed by atoms with Crippen LogP contribution in [0.5, 0.6) is 11.5 Å². The number of aryl methyl sites for hydroxylation is 2. The van der Waals surface area contributed by atoms with Crippen molar-refractivity contribution in [1.82, 2.24) is 9.88 Å². The molecule has 1 fully saturated rings. The van der Waals surface area contributed by atoms with Crippen molar-refractivity contribution in [2.24, 2.45) is 0 Å². The summed E-state index contributed by atoms with van der Waals surface area (Å²) in [6.45, 7) is 10.6. The summed E-state index contributed by atoms with van der Waals surface area (Å²) >= 11 is 0. The van der Waals surface area contributed by atoms with E-state index in [4.69, 9.17) is 18.6 Å². The number of hydrogen-bond acceptors (Lipinski definition) is 7. The van der Waals surface area contributed by atoms with Crippen LogP contribution >= 0.6 is 0 Å². The van der Waals surface area contributed by atoms with Crippen molar-refractivity contribution < 1.29 is 36.6 Å². The highest BCUT2D eigenvalue weighted by Crippen LogP contribution is 2.44. The van der Waals surface area contributed by atoms with Gasteiger partial charge in [-0.25, -0.2) is 4.98 Å². The average molecular weight is 535 g/mol. The van der Waals surface area contributed by atoms with Crippen LogP contribution < -0.4 is 9.47 Å². The van der Waals surface area contributed by atoms with E-state index >= 15 is 0 Å². The molecule has 10 heteroatoms. The molecule has 0 saturated carbocycles. The number of carbonyl (C=O) groups excluding carboxylic acids is 1. The molecule has 0 N–H and O–H groups in total. The Balaban J connectivity index is 1.66. The van der Waals surface area contributed by atoms with E-state index in [9.17, 15) is 18.0 Å². The number of ether oxygens (including phenoxy) is 3. The molecule has 1 aliphatic rings. The molecule has 4 rings (SSSR count). The third kappa shape index (κ3) is 6.30. The number of ketones is 1. The topological polar surface area (TPSA) is 74.0 Å². The van der Waals surface area contributed by atoms with Crippen LogP contribution in [0.4, 0.5) is 13.2 Å². The van der Waals surface area contributed by atoms with Crippen LogP contribution in [-0.2, 0) is 10.9 Å². The molecule has 3 aromatic rings. The third-order valence-electron chi connectivity index (χ3n) is 6.79. The maximum atomic E-state index is 13.5. The van der Waals surface area contributed by atoms with E-state index in [1.807, 2.05) is 31.2 Å². The Morgan fingerprint density at radius 2 is 1.74 bits per heavy atom. The van der Waals surface area contributed by atoms with Gasteiger partial charge in [0.1, 0.15) is 12.1 Å². The fourth-order valence-electron chi connectivity index (χ4n) is 4.55. The van der Waals surface area contributed by atoms with Gasteiger partial charge in [0.05, 0.1) is 25.4 Å². The second kappa shape index (κ2) is 11.7. The smallest absolute Gasteiger partial charge is 0.468 e. The summed E-state index contributed by atoms with van der Waals surface area (Å²) in [5.41, 5.74) is 2.43. The van der Waals surface area contributed by atoms with Crippen molar-refractivity contribution >= 4 is 16.9 Å². The quantitative estimate of drug-likeness (QED) is 0.298. The molecule has 206 valence electrons. The van der Waals surface area contributed by atoms with Gasteiger partial charge in [-0.2, -0.15) is 13.2 Å². The molecule has 0 amide bonds. The lowest BCUT2D eigenvalue weighted by molar-refractivity contribution is -0.156. The Morgan fingerprint density at radius 1 is 1.08 bits per heavy atom. The number of hydrogen-bond donors (Lipinski definition) is 0. The number of oxazole rings is 1. The monoisotopic (exact) mass is 534 g/mol. The van der Waals surface area contributed by atoms with E-state index in [1.54, 1.807) is 6.92 Å². The molecule has 1 unspecified atom stereocenters. The van der Waals surface area contributed by atoms with Crippen LogP contribution in [0.15, 0.2) is 28.7 Å². The van der Waals surface area contributed by atoms with Gasteiger partial charge >= 0.3 is 12.1 Å². The first-order valence-corrected chi connectivity index (χ1v) is 12.7. The zero-order chi connectivity index (χ0) is 27.4. The first kappa shape index (κ1) is 27.9. The molecular weight excluding hydrogens is 501 g/mol. The lowest BCUT2D eigenvalue weighted by Crippen LogP contribution is -2.38. The average Bonchev–Trinajstić information content (AvgIpc) is 3.33. The predicted molar refractivity (Wildman–Crippen MR) is 136 cm³/mol. The molecule has 0 radical (unpaired) electrons. The standard InChI is InChI=1S/C28H33F3N2O5/c1-17-5-7-21(8-6-17)18(2)9-13-36-26-24(37-16-12-33-10-14-35-15-11-33)22(20(4)34)19(3)23-25(26)38-27(32-23)28(29,30)31/h5-8,18H,9-16H2,1-4H3. The van der Waals surface area contributed by atoms with Gasteiger partial charge in [-0.05, 0) is 44.2 Å². The fourth-order valence-corrected chi connectivity index (χ4v) is 4.55. The van der Waals surface area contributed by atoms with E-state index in [1.165, 1.54) is 6.92 Å². The van der Waals surface area contributed by atoms with E-state index in [0.717, 1.165) is 24.2 Å². The molecule has 2 aromatic carbocycles. The Bertz CT molecular complexity index is 1260. The Kier molecular flexibility index (Phi) is 8.62. The number of fused-ring (bicyclic) bond motifs is 1. The van der Waals surface area contributed by atoms with Crippen molar-refractivity contribution in [3.63, 3.8) is 0 Å². The molecule has 0 spiro atoms. The Hall–Kier alpha value is -3.11. The zero-order valence-corrected chi connectivity index (χ0v) is 22.1. The van der Waals surface area contributed by atoms with Gasteiger partial charge < -0.3 is 18.6 Å². The minimum absolute atomic E-state index is 0.0307. The van der Waals surface area contributed by atoms with Gasteiger partial charge in [0.25, 0.3) is 0 Å². The molecule has 0 aliphatic carbocycles. The second-order valence-electron chi connectivity index (χ2n) is 9.66. The predicted octanol–water partition coefficient (Wildman–Crippen LogP) is 5.95. The lowest BCUT2D eigenvalue weighted by Gasteiger charge is -2.26. The van der Waals surface area contributed by atoms with Gasteiger partial charge in [0, 0.05) is 19.6 Å². The van der Waals surface area contributed by atoms with Crippen molar-refractivity contribution in [2.45, 2.75) is 46.2 Å². The summed E-state index contributed by atoms with van der Waals surface area (Å²) < 4.78 is 63.3. The number of rotatable bonds is 10. The highest BCUT2D eigenvalue weighted by molar-refractivity contribution is 6.05. The summed E-state index contributed by atoms with van der Waals surface area (Å²) in [6, 6.07) is 8.15. The lowest BCUT2D eigenvalue weighted by atomic mass is 9.97. The summed E-state index contributed by atoms with van der Waals surface area (Å²) in [5.74, 6) is -1.57. The molecule has 7 nitrogen and oxygen atoms in total. The first-order chi connectivity index (χ1) is 18.1. The highest BCUT2D eigenvalue weighted by Gasteiger charge is 2.39. The maximum Gasteiger partial charge on any atom is 0.468 e. The highest BCUT2D eigenvalue weighted by atomic mass is 19.4. The van der Waals surface area contributed by atoms with Crippen molar-refractivity contribution in [3.05, 3.63) is 52.4 Å². The van der Waals surface area contributed by atoms with E-state index in [2.05, 4.69) is 16.8 Å². The van der Waals surface area contributed by atoms with Crippen LogP contribution in [0.1, 0.15) is 59.1 Å². The SMILES string of the molecule is CC(=O)c1c(OCCN2CCOCC2)c(OCCC(C)c2ccc(C)cc2)c2oc(C(F)(F)F)nc2c1C. The van der Waals surface area contributed by atoms with Crippen LogP contribution in [0.2, 0.25) is 0 Å². The molecule has 0 bridgehead atoms. The number of aromatic nitrogens is 1. The van der Waals surface area contributed by atoms with Gasteiger partial charge in [0.2, 0.25) is 11.3 Å². The number of alkyl halides is 3. The minimum atomic E-state index is -4.80. The minimum Gasteiger partial charge on any atom is -0.487 e. The van der Waals surface area contributed by atoms with Gasteiger partial charge in [-0.15, -0.1) is 0 Å². The number of morpholine rings is 1. The van der Waals surface area contributed by atoms with Crippen molar-refractivity contribution in [1.29, 1.82) is 0 Å². The van der Waals surface area contributed by atoms with Gasteiger partial charge in [-0.3, -0.25) is 9.69 Å². The first-order valence-electron chi connectivity index (χ1n) is 12.7. The third-order valence-corrected chi connectivity index (χ3v) is 6.79. The van der Waals surface area contributed by atoms with Gasteiger partial charge in [0.15, 0.2) is 11.5 Å². The molecule has 1 saturated heterocycles. The van der Waals surface area contributed by atoms with Crippen LogP contribution in [0, 0.1) is 13.8 Å². The molecule has 1 atom stereocenters. The summed E-state index contributed by atoms with van der Waals surface area (Å²) in [7, 11) is 0. The molecular formula is C28H33F3N2O5. The molecule has 2 heterocycles. The summed E-state index contributed by atoms with van der Waals surface area (Å²) in [6.07, 6.45) is -4.21. The fraction of sp³-hybridized carbons (Fsp3) is 0.500. The number of nitrogens with zero attached hydrogens (tertiary/aromatic N) is 2. The van der Waals surface area contributed by atoms with Gasteiger partial charge in [-0.1, -0.05) is 36.8 Å². The maximum absolute atomic E-state index is 13.5. The zero-order valence-electron chi connectivity index (χ0n) is 22.1. The number of Topliss-reactive ketones (excluding diaryl/α,β-unsaturated/α-hetero) is 1. The second-order valence-corrected chi connectivity index (χ2v) is 9.66. The molecule has 38 heavy (non-hydrogen) atoms. The van der Waals surface area contributed by atoms with Crippen molar-refractivity contribution in [3.8, 4) is 11.5 Å². The number of halogens is 3. The Labute approximate surface area is 219 Å². The number of carbonyl (C=O) groups is 1. The van der Waals surface area contributed by atoms with E-state index in [-0.39, 0.29) is 58.6 Å². The number of benzene rings is 2. The van der Waals surface area contributed by atoms with E-state index in [0.29, 0.717) is 26.2 Å². The summed E-state index contributed by atoms with van der Waals surface area (Å²) in [5, 5.41) is 0. The van der Waals surface area contributed by atoms with Crippen LogP contribution in [0.3, 0.4) is 0 Å². The largest absolute Gasteiger partial charge is 0.487 e. The molecule has 1 aliphatic heterocycles. The van der Waals surface area contributed by atoms with Crippen molar-refractivity contribution in [2.75, 3.05) is 46.1 Å².